The highest BCUT2D eigenvalue weighted by Gasteiger charge is 2.33. The van der Waals surface area contributed by atoms with E-state index in [0.29, 0.717) is 16.3 Å². The van der Waals surface area contributed by atoms with Crippen molar-refractivity contribution in [3.63, 3.8) is 0 Å². The molecule has 0 atom stereocenters. The molecular weight excluding hydrogens is 315 g/mol. The molecule has 0 aliphatic rings. The number of alkyl halides is 3. The molecule has 0 spiro atoms. The number of rotatable bonds is 4. The number of amides is 1. The molecule has 0 aliphatic heterocycles. The summed E-state index contributed by atoms with van der Waals surface area (Å²) in [4.78, 5) is 15.5. The number of nitrogens with two attached hydrogens (primary N) is 1. The van der Waals surface area contributed by atoms with Crippen molar-refractivity contribution < 1.29 is 18.0 Å². The summed E-state index contributed by atoms with van der Waals surface area (Å²) < 4.78 is 37.3. The summed E-state index contributed by atoms with van der Waals surface area (Å²) in [6.07, 6.45) is -4.19. The number of nitrogen functional groups attached to an aromatic ring is 1. The van der Waals surface area contributed by atoms with Gasteiger partial charge in [0.25, 0.3) is 5.91 Å². The van der Waals surface area contributed by atoms with Gasteiger partial charge in [-0.3, -0.25) is 4.79 Å². The SMILES string of the molecule is Cc1ccc(N)cc1C(=O)NCCc1nc(C(F)(F)F)cs1. The van der Waals surface area contributed by atoms with E-state index < -0.39 is 11.9 Å². The number of nitrogens with one attached hydrogen (secondary N) is 1. The predicted molar refractivity (Wildman–Crippen MR) is 78.7 cm³/mol. The lowest BCUT2D eigenvalue weighted by molar-refractivity contribution is -0.140. The molecule has 1 aromatic heterocycles. The Morgan fingerprint density at radius 2 is 2.14 bits per heavy atom. The maximum absolute atomic E-state index is 12.4. The molecule has 0 fully saturated rings. The molecule has 0 bridgehead atoms. The minimum absolute atomic E-state index is 0.206. The number of halogens is 3. The lowest BCUT2D eigenvalue weighted by atomic mass is 10.1. The van der Waals surface area contributed by atoms with Crippen LogP contribution in [0.4, 0.5) is 18.9 Å². The van der Waals surface area contributed by atoms with Gasteiger partial charge in [0.05, 0.1) is 5.01 Å². The summed E-state index contributed by atoms with van der Waals surface area (Å²) in [5, 5.41) is 3.96. The lowest BCUT2D eigenvalue weighted by Gasteiger charge is -2.07. The molecule has 2 aromatic rings. The van der Waals surface area contributed by atoms with Gasteiger partial charge in [0.1, 0.15) is 0 Å². The van der Waals surface area contributed by atoms with Crippen LogP contribution in [-0.4, -0.2) is 17.4 Å². The fourth-order valence-electron chi connectivity index (χ4n) is 1.82. The first-order valence-corrected chi connectivity index (χ1v) is 7.31. The van der Waals surface area contributed by atoms with Crippen LogP contribution in [0.25, 0.3) is 0 Å². The number of anilines is 1. The number of aromatic nitrogens is 1. The van der Waals surface area contributed by atoms with Gasteiger partial charge < -0.3 is 11.1 Å². The standard InChI is InChI=1S/C14H14F3N3OS/c1-8-2-3-9(18)6-10(8)13(21)19-5-4-12-20-11(7-22-12)14(15,16)17/h2-3,6-7H,4-5,18H2,1H3,(H,19,21). The summed E-state index contributed by atoms with van der Waals surface area (Å²) in [6.45, 7) is 1.99. The Hall–Kier alpha value is -2.09. The first-order chi connectivity index (χ1) is 10.3. The van der Waals surface area contributed by atoms with Crippen LogP contribution in [0.1, 0.15) is 26.6 Å². The number of benzene rings is 1. The van der Waals surface area contributed by atoms with Crippen molar-refractivity contribution in [2.45, 2.75) is 19.5 Å². The molecule has 4 nitrogen and oxygen atoms in total. The van der Waals surface area contributed by atoms with Crippen molar-refractivity contribution in [2.24, 2.45) is 0 Å². The van der Waals surface area contributed by atoms with Gasteiger partial charge in [-0.05, 0) is 24.6 Å². The molecule has 0 unspecified atom stereocenters. The van der Waals surface area contributed by atoms with E-state index in [1.807, 2.05) is 0 Å². The van der Waals surface area contributed by atoms with Gasteiger partial charge in [-0.2, -0.15) is 13.2 Å². The summed E-state index contributed by atoms with van der Waals surface area (Å²) in [5.74, 6) is -0.308. The number of aryl methyl sites for hydroxylation is 1. The van der Waals surface area contributed by atoms with Crippen LogP contribution in [0.15, 0.2) is 23.6 Å². The van der Waals surface area contributed by atoms with Crippen molar-refractivity contribution >= 4 is 22.9 Å². The summed E-state index contributed by atoms with van der Waals surface area (Å²) >= 11 is 0.927. The average molecular weight is 329 g/mol. The highest BCUT2D eigenvalue weighted by molar-refractivity contribution is 7.09. The van der Waals surface area contributed by atoms with Crippen LogP contribution < -0.4 is 11.1 Å². The Labute approximate surface area is 129 Å². The molecule has 0 saturated heterocycles. The van der Waals surface area contributed by atoms with Crippen molar-refractivity contribution in [3.05, 3.63) is 45.4 Å². The van der Waals surface area contributed by atoms with Gasteiger partial charge in [0.15, 0.2) is 5.69 Å². The van der Waals surface area contributed by atoms with E-state index in [2.05, 4.69) is 10.3 Å². The third-order valence-corrected chi connectivity index (χ3v) is 3.88. The van der Waals surface area contributed by atoms with Gasteiger partial charge in [0.2, 0.25) is 0 Å². The number of nitrogens with zero attached hydrogens (tertiary/aromatic N) is 1. The van der Waals surface area contributed by atoms with E-state index in [4.69, 9.17) is 5.73 Å². The Kier molecular flexibility index (Phi) is 4.70. The van der Waals surface area contributed by atoms with Crippen LogP contribution in [0.5, 0.6) is 0 Å². The van der Waals surface area contributed by atoms with Gasteiger partial charge >= 0.3 is 6.18 Å². The fourth-order valence-corrected chi connectivity index (χ4v) is 2.62. The normalized spacial score (nSPS) is 11.5. The van der Waals surface area contributed by atoms with Gasteiger partial charge in [-0.15, -0.1) is 11.3 Å². The third kappa shape index (κ3) is 3.97. The smallest absolute Gasteiger partial charge is 0.399 e. The molecule has 2 rings (SSSR count). The molecular formula is C14H14F3N3OS. The van der Waals surface area contributed by atoms with E-state index in [1.54, 1.807) is 25.1 Å². The largest absolute Gasteiger partial charge is 0.434 e. The minimum Gasteiger partial charge on any atom is -0.399 e. The fraction of sp³-hybridized carbons (Fsp3) is 0.286. The van der Waals surface area contributed by atoms with E-state index in [-0.39, 0.29) is 18.9 Å². The maximum atomic E-state index is 12.4. The predicted octanol–water partition coefficient (Wildman–Crippen LogP) is 3.03. The molecule has 3 N–H and O–H groups in total. The minimum atomic E-state index is -4.43. The highest BCUT2D eigenvalue weighted by Crippen LogP contribution is 2.30. The van der Waals surface area contributed by atoms with Crippen LogP contribution in [0, 0.1) is 6.92 Å². The molecule has 1 aromatic carbocycles. The van der Waals surface area contributed by atoms with E-state index >= 15 is 0 Å². The lowest BCUT2D eigenvalue weighted by Crippen LogP contribution is -2.26. The number of hydrogen-bond donors (Lipinski definition) is 2. The number of thiazole rings is 1. The van der Waals surface area contributed by atoms with Crippen molar-refractivity contribution in [3.8, 4) is 0 Å². The first kappa shape index (κ1) is 16.3. The Morgan fingerprint density at radius 3 is 2.77 bits per heavy atom. The van der Waals surface area contributed by atoms with E-state index in [0.717, 1.165) is 22.3 Å². The second kappa shape index (κ2) is 6.35. The van der Waals surface area contributed by atoms with Crippen molar-refractivity contribution in [1.29, 1.82) is 0 Å². The van der Waals surface area contributed by atoms with E-state index in [9.17, 15) is 18.0 Å². The first-order valence-electron chi connectivity index (χ1n) is 6.43. The van der Waals surface area contributed by atoms with Crippen molar-refractivity contribution in [1.82, 2.24) is 10.3 Å². The van der Waals surface area contributed by atoms with Crippen LogP contribution in [0.2, 0.25) is 0 Å². The maximum Gasteiger partial charge on any atom is 0.434 e. The second-order valence-electron chi connectivity index (χ2n) is 4.70. The highest BCUT2D eigenvalue weighted by atomic mass is 32.1. The Bertz CT molecular complexity index is 682. The quantitative estimate of drug-likeness (QED) is 0.847. The van der Waals surface area contributed by atoms with Crippen LogP contribution >= 0.6 is 11.3 Å². The Morgan fingerprint density at radius 1 is 1.41 bits per heavy atom. The molecule has 0 aliphatic carbocycles. The molecule has 0 radical (unpaired) electrons. The number of carbonyl (C=O) groups excluding carboxylic acids is 1. The third-order valence-electron chi connectivity index (χ3n) is 2.97. The summed E-state index contributed by atoms with van der Waals surface area (Å²) in [6, 6.07) is 5.00. The van der Waals surface area contributed by atoms with Crippen molar-refractivity contribution in [2.75, 3.05) is 12.3 Å². The monoisotopic (exact) mass is 329 g/mol. The van der Waals surface area contributed by atoms with Crippen LogP contribution in [-0.2, 0) is 12.6 Å². The van der Waals surface area contributed by atoms with Gasteiger partial charge in [-0.1, -0.05) is 6.07 Å². The molecule has 118 valence electrons. The zero-order valence-corrected chi connectivity index (χ0v) is 12.5. The number of carbonyl (C=O) groups is 1. The van der Waals surface area contributed by atoms with Crippen LogP contribution in [0.3, 0.4) is 0 Å². The van der Waals surface area contributed by atoms with Gasteiger partial charge in [-0.25, -0.2) is 4.98 Å². The number of hydrogen-bond acceptors (Lipinski definition) is 4. The zero-order chi connectivity index (χ0) is 16.3. The molecule has 8 heteroatoms. The average Bonchev–Trinajstić information content (AvgIpc) is 2.90. The molecule has 1 heterocycles. The zero-order valence-electron chi connectivity index (χ0n) is 11.7. The molecule has 1 amide bonds. The van der Waals surface area contributed by atoms with Gasteiger partial charge in [0, 0.05) is 29.6 Å². The van der Waals surface area contributed by atoms with E-state index in [1.165, 1.54) is 0 Å². The summed E-state index contributed by atoms with van der Waals surface area (Å²) in [7, 11) is 0. The Balaban J connectivity index is 1.92. The molecule has 0 saturated carbocycles. The molecule has 22 heavy (non-hydrogen) atoms. The second-order valence-corrected chi connectivity index (χ2v) is 5.65. The topological polar surface area (TPSA) is 68.0 Å². The summed E-state index contributed by atoms with van der Waals surface area (Å²) in [5.41, 5.74) is 6.45.